The third kappa shape index (κ3) is 1.75. The van der Waals surface area contributed by atoms with Crippen molar-refractivity contribution < 1.29 is 20.1 Å². The van der Waals surface area contributed by atoms with Crippen molar-refractivity contribution in [3.8, 4) is 0 Å². The van der Waals surface area contributed by atoms with Crippen LogP contribution in [0.5, 0.6) is 0 Å². The highest BCUT2D eigenvalue weighted by Gasteiger charge is 2.44. The number of fused-ring (bicyclic) bond motifs is 1. The van der Waals surface area contributed by atoms with E-state index in [1.165, 1.54) is 23.2 Å². The number of aliphatic hydroxyl groups is 3. The zero-order chi connectivity index (χ0) is 13.6. The van der Waals surface area contributed by atoms with Gasteiger partial charge in [-0.05, 0) is 0 Å². The summed E-state index contributed by atoms with van der Waals surface area (Å²) in [5.74, 6) is 0.183. The number of hydrogen-bond acceptors (Lipinski definition) is 7. The van der Waals surface area contributed by atoms with Crippen LogP contribution in [0.25, 0.3) is 5.78 Å². The Bertz CT molecular complexity index is 653. The molecule has 1 aliphatic heterocycles. The molecule has 3 N–H and O–H groups in total. The molecule has 2 aromatic rings. The summed E-state index contributed by atoms with van der Waals surface area (Å²) in [6, 6.07) is 1.25. The first-order chi connectivity index (χ1) is 9.13. The molecule has 102 valence electrons. The molecule has 2 aromatic heterocycles. The number of nitrogens with zero attached hydrogens (tertiary/aromatic N) is 4. The molecule has 0 spiro atoms. The molecule has 3 rings (SSSR count). The van der Waals surface area contributed by atoms with Crippen LogP contribution in [0.3, 0.4) is 0 Å². The number of hydrogen-bond donors (Lipinski definition) is 3. The quantitative estimate of drug-likeness (QED) is 0.550. The van der Waals surface area contributed by atoms with Gasteiger partial charge in [0.15, 0.2) is 6.23 Å². The maximum Gasteiger partial charge on any atom is 0.275 e. The van der Waals surface area contributed by atoms with E-state index in [-0.39, 0.29) is 11.3 Å². The summed E-state index contributed by atoms with van der Waals surface area (Å²) >= 11 is 0. The first-order valence-electron chi connectivity index (χ1n) is 5.67. The van der Waals surface area contributed by atoms with Gasteiger partial charge in [0.2, 0.25) is 5.78 Å². The molecule has 1 fully saturated rings. The van der Waals surface area contributed by atoms with E-state index in [4.69, 9.17) is 9.84 Å². The first-order valence-corrected chi connectivity index (χ1v) is 5.67. The molecular formula is C10H12N4O5. The molecule has 0 amide bonds. The van der Waals surface area contributed by atoms with E-state index >= 15 is 0 Å². The molecule has 0 saturated carbocycles. The highest BCUT2D eigenvalue weighted by Crippen LogP contribution is 2.29. The second-order valence-electron chi connectivity index (χ2n) is 4.26. The van der Waals surface area contributed by atoms with Crippen molar-refractivity contribution in [1.29, 1.82) is 0 Å². The van der Waals surface area contributed by atoms with Gasteiger partial charge < -0.3 is 20.1 Å². The van der Waals surface area contributed by atoms with Crippen molar-refractivity contribution >= 4 is 5.78 Å². The molecule has 1 aliphatic rings. The summed E-state index contributed by atoms with van der Waals surface area (Å²) in [6.45, 7) is -0.422. The fraction of sp³-hybridized carbons (Fsp3) is 0.500. The molecule has 9 nitrogen and oxygen atoms in total. The van der Waals surface area contributed by atoms with Gasteiger partial charge in [0.05, 0.1) is 6.61 Å². The lowest BCUT2D eigenvalue weighted by Gasteiger charge is -2.15. The lowest BCUT2D eigenvalue weighted by molar-refractivity contribution is -0.0512. The summed E-state index contributed by atoms with van der Waals surface area (Å²) in [5, 5.41) is 32.5. The zero-order valence-corrected chi connectivity index (χ0v) is 9.70. The van der Waals surface area contributed by atoms with Gasteiger partial charge >= 0.3 is 0 Å². The van der Waals surface area contributed by atoms with Crippen LogP contribution in [-0.4, -0.2) is 59.4 Å². The summed E-state index contributed by atoms with van der Waals surface area (Å²) in [4.78, 5) is 15.5. The smallest absolute Gasteiger partial charge is 0.275 e. The standard InChI is InChI=1S/C10H12N4O5/c15-3-5-7(17)8(18)9(19-5)13-4-12-14-6(16)1-2-11-10(13)14/h1-2,4-5,7-9,15,17-18H,3H2/t5-,7-,8-,9-/m1/s1. The van der Waals surface area contributed by atoms with Gasteiger partial charge in [0.25, 0.3) is 5.56 Å². The Kier molecular flexibility index (Phi) is 2.82. The normalized spacial score (nSPS) is 31.1. The van der Waals surface area contributed by atoms with Crippen molar-refractivity contribution in [3.05, 3.63) is 28.9 Å². The minimum atomic E-state index is -1.24. The average molecular weight is 268 g/mol. The number of aromatic nitrogens is 4. The number of ether oxygens (including phenoxy) is 1. The molecule has 0 unspecified atom stereocenters. The van der Waals surface area contributed by atoms with Gasteiger partial charge in [-0.1, -0.05) is 0 Å². The lowest BCUT2D eigenvalue weighted by atomic mass is 10.1. The van der Waals surface area contributed by atoms with Crippen molar-refractivity contribution in [2.24, 2.45) is 0 Å². The second-order valence-corrected chi connectivity index (χ2v) is 4.26. The molecular weight excluding hydrogens is 256 g/mol. The van der Waals surface area contributed by atoms with Crippen LogP contribution in [0.4, 0.5) is 0 Å². The van der Waals surface area contributed by atoms with Crippen molar-refractivity contribution in [2.75, 3.05) is 6.61 Å². The van der Waals surface area contributed by atoms with Gasteiger partial charge in [-0.15, -0.1) is 0 Å². The van der Waals surface area contributed by atoms with Crippen LogP contribution in [0.1, 0.15) is 6.23 Å². The van der Waals surface area contributed by atoms with Crippen molar-refractivity contribution in [2.45, 2.75) is 24.5 Å². The monoisotopic (exact) mass is 268 g/mol. The number of rotatable bonds is 2. The van der Waals surface area contributed by atoms with Gasteiger partial charge in [0.1, 0.15) is 24.6 Å². The summed E-state index contributed by atoms with van der Waals surface area (Å²) < 4.78 is 7.73. The van der Waals surface area contributed by atoms with Crippen LogP contribution in [0, 0.1) is 0 Å². The molecule has 19 heavy (non-hydrogen) atoms. The molecule has 0 radical (unpaired) electrons. The van der Waals surface area contributed by atoms with Crippen LogP contribution in [0.15, 0.2) is 23.4 Å². The lowest BCUT2D eigenvalue weighted by Crippen LogP contribution is -2.33. The molecule has 3 heterocycles. The molecule has 9 heteroatoms. The van der Waals surface area contributed by atoms with Crippen LogP contribution in [-0.2, 0) is 4.74 Å². The summed E-state index contributed by atoms with van der Waals surface area (Å²) in [7, 11) is 0. The molecule has 1 saturated heterocycles. The van der Waals surface area contributed by atoms with E-state index in [9.17, 15) is 15.0 Å². The van der Waals surface area contributed by atoms with Gasteiger partial charge in [0, 0.05) is 12.3 Å². The van der Waals surface area contributed by atoms with E-state index in [2.05, 4.69) is 10.1 Å². The first kappa shape index (κ1) is 12.2. The Morgan fingerprint density at radius 3 is 2.84 bits per heavy atom. The highest BCUT2D eigenvalue weighted by atomic mass is 16.6. The average Bonchev–Trinajstić information content (AvgIpc) is 2.94. The SMILES string of the molecule is O=c1ccnc2n([C@@H]3O[C@H](CO)[C@@H](O)[C@H]3O)cnn12. The predicted octanol–water partition coefficient (Wildman–Crippen LogP) is -2.50. The summed E-state index contributed by atoms with van der Waals surface area (Å²) in [6.07, 6.45) is -1.71. The fourth-order valence-electron chi connectivity index (χ4n) is 2.12. The van der Waals surface area contributed by atoms with Crippen molar-refractivity contribution in [1.82, 2.24) is 19.2 Å². The van der Waals surface area contributed by atoms with Gasteiger partial charge in [-0.2, -0.15) is 9.61 Å². The van der Waals surface area contributed by atoms with Crippen LogP contribution < -0.4 is 5.56 Å². The highest BCUT2D eigenvalue weighted by molar-refractivity contribution is 5.27. The third-order valence-corrected chi connectivity index (χ3v) is 3.12. The van der Waals surface area contributed by atoms with E-state index in [0.717, 1.165) is 4.52 Å². The fourth-order valence-corrected chi connectivity index (χ4v) is 2.12. The maximum absolute atomic E-state index is 11.5. The van der Waals surface area contributed by atoms with Gasteiger partial charge in [-0.25, -0.2) is 4.98 Å². The third-order valence-electron chi connectivity index (χ3n) is 3.12. The van der Waals surface area contributed by atoms with Crippen LogP contribution >= 0.6 is 0 Å². The van der Waals surface area contributed by atoms with E-state index in [1.807, 2.05) is 0 Å². The van der Waals surface area contributed by atoms with E-state index in [1.54, 1.807) is 0 Å². The maximum atomic E-state index is 11.5. The molecule has 0 bridgehead atoms. The Morgan fingerprint density at radius 2 is 2.16 bits per heavy atom. The van der Waals surface area contributed by atoms with E-state index in [0.29, 0.717) is 0 Å². The largest absolute Gasteiger partial charge is 0.394 e. The Labute approximate surface area is 106 Å². The zero-order valence-electron chi connectivity index (χ0n) is 9.70. The molecule has 0 aromatic carbocycles. The minimum Gasteiger partial charge on any atom is -0.394 e. The minimum absolute atomic E-state index is 0.183. The Hall–Kier alpha value is -1.81. The van der Waals surface area contributed by atoms with E-state index < -0.39 is 31.1 Å². The molecule has 4 atom stereocenters. The predicted molar refractivity (Wildman–Crippen MR) is 60.3 cm³/mol. The van der Waals surface area contributed by atoms with Gasteiger partial charge in [-0.3, -0.25) is 9.36 Å². The summed E-state index contributed by atoms with van der Waals surface area (Å²) in [5.41, 5.74) is -0.365. The van der Waals surface area contributed by atoms with Crippen molar-refractivity contribution in [3.63, 3.8) is 0 Å². The van der Waals surface area contributed by atoms with Crippen LogP contribution in [0.2, 0.25) is 0 Å². The second kappa shape index (κ2) is 4.38. The Morgan fingerprint density at radius 1 is 1.37 bits per heavy atom. The Balaban J connectivity index is 2.06. The topological polar surface area (TPSA) is 122 Å². The molecule has 0 aliphatic carbocycles. The number of aliphatic hydroxyl groups excluding tert-OH is 3.